The molecule has 2 aliphatic heterocycles. The van der Waals surface area contributed by atoms with E-state index in [2.05, 4.69) is 32.6 Å². The van der Waals surface area contributed by atoms with Crippen molar-refractivity contribution in [3.05, 3.63) is 41.1 Å². The number of sulfonamides is 1. The Morgan fingerprint density at radius 2 is 2.28 bits per heavy atom. The van der Waals surface area contributed by atoms with Crippen LogP contribution in [0.15, 0.2) is 40.4 Å². The zero-order valence-electron chi connectivity index (χ0n) is 15.3. The van der Waals surface area contributed by atoms with Gasteiger partial charge in [0.15, 0.2) is 0 Å². The molecule has 1 aromatic carbocycles. The third kappa shape index (κ3) is 3.99. The number of halogens is 1. The molecule has 29 heavy (non-hydrogen) atoms. The Morgan fingerprint density at radius 3 is 2.97 bits per heavy atom. The van der Waals surface area contributed by atoms with Crippen molar-refractivity contribution >= 4 is 72.0 Å². The van der Waals surface area contributed by atoms with Crippen molar-refractivity contribution in [3.63, 3.8) is 0 Å². The van der Waals surface area contributed by atoms with Crippen LogP contribution in [0.25, 0.3) is 10.9 Å². The highest BCUT2D eigenvalue weighted by molar-refractivity contribution is 14.1. The fraction of sp³-hybridized carbons (Fsp3) is 0.333. The molecule has 8 nitrogen and oxygen atoms in total. The van der Waals surface area contributed by atoms with Gasteiger partial charge in [-0.1, -0.05) is 46.5 Å². The average molecular weight is 547 g/mol. The average Bonchev–Trinajstić information content (AvgIpc) is 3.38. The van der Waals surface area contributed by atoms with Gasteiger partial charge in [-0.15, -0.1) is 0 Å². The molecule has 2 atom stereocenters. The lowest BCUT2D eigenvalue weighted by molar-refractivity contribution is -0.136. The highest BCUT2D eigenvalue weighted by Crippen LogP contribution is 2.34. The van der Waals surface area contributed by atoms with Crippen LogP contribution in [0.5, 0.6) is 0 Å². The van der Waals surface area contributed by atoms with Crippen LogP contribution in [0.2, 0.25) is 0 Å². The Bertz CT molecular complexity index is 1140. The summed E-state index contributed by atoms with van der Waals surface area (Å²) in [5.41, 5.74) is 1.92. The van der Waals surface area contributed by atoms with Crippen molar-refractivity contribution in [2.75, 3.05) is 24.5 Å². The SMILES string of the molecule is CN(c1cccc2cc(C3=NCC(CC(=O)O)S3)[nH]c12)S(=O)(=O)C1=CC(I)CO1. The maximum Gasteiger partial charge on any atom is 0.304 e. The number of aliphatic carboxylic acids is 1. The predicted molar refractivity (Wildman–Crippen MR) is 123 cm³/mol. The van der Waals surface area contributed by atoms with E-state index >= 15 is 0 Å². The Labute approximate surface area is 185 Å². The number of carboxylic acids is 1. The van der Waals surface area contributed by atoms with Gasteiger partial charge < -0.3 is 14.8 Å². The highest BCUT2D eigenvalue weighted by Gasteiger charge is 2.32. The zero-order chi connectivity index (χ0) is 20.8. The first-order chi connectivity index (χ1) is 13.8. The van der Waals surface area contributed by atoms with E-state index in [1.165, 1.54) is 23.1 Å². The smallest absolute Gasteiger partial charge is 0.304 e. The van der Waals surface area contributed by atoms with Crippen LogP contribution in [0.1, 0.15) is 12.1 Å². The van der Waals surface area contributed by atoms with Gasteiger partial charge in [-0.25, -0.2) is 0 Å². The number of hydrogen-bond acceptors (Lipinski definition) is 6. The minimum atomic E-state index is -3.80. The van der Waals surface area contributed by atoms with Crippen LogP contribution in [-0.2, 0) is 19.6 Å². The summed E-state index contributed by atoms with van der Waals surface area (Å²) in [6, 6.07) is 7.32. The van der Waals surface area contributed by atoms with Crippen molar-refractivity contribution in [2.24, 2.45) is 4.99 Å². The van der Waals surface area contributed by atoms with Crippen molar-refractivity contribution < 1.29 is 23.1 Å². The first-order valence-corrected chi connectivity index (χ1v) is 12.3. The number of alkyl halides is 1. The molecule has 0 saturated heterocycles. The lowest BCUT2D eigenvalue weighted by Gasteiger charge is -2.20. The summed E-state index contributed by atoms with van der Waals surface area (Å²) < 4.78 is 32.5. The van der Waals surface area contributed by atoms with Crippen LogP contribution in [-0.4, -0.2) is 58.9 Å². The van der Waals surface area contributed by atoms with Gasteiger partial charge in [0.2, 0.25) is 5.09 Å². The van der Waals surface area contributed by atoms with E-state index in [4.69, 9.17) is 9.84 Å². The number of anilines is 1. The summed E-state index contributed by atoms with van der Waals surface area (Å²) in [4.78, 5) is 18.7. The number of thioether (sulfide) groups is 1. The van der Waals surface area contributed by atoms with Gasteiger partial charge in [-0.05, 0) is 18.2 Å². The number of carbonyl (C=O) groups is 1. The van der Waals surface area contributed by atoms with Crippen LogP contribution < -0.4 is 4.31 Å². The largest absolute Gasteiger partial charge is 0.481 e. The highest BCUT2D eigenvalue weighted by atomic mass is 127. The van der Waals surface area contributed by atoms with Crippen molar-refractivity contribution in [2.45, 2.75) is 15.6 Å². The summed E-state index contributed by atoms with van der Waals surface area (Å²) in [6.07, 6.45) is 1.66. The molecule has 2 aliphatic rings. The number of nitrogens with zero attached hydrogens (tertiary/aromatic N) is 2. The number of nitrogens with one attached hydrogen (secondary N) is 1. The van der Waals surface area contributed by atoms with Gasteiger partial charge in [-0.3, -0.25) is 14.1 Å². The van der Waals surface area contributed by atoms with Gasteiger partial charge in [0.05, 0.1) is 33.8 Å². The molecule has 2 N–H and O–H groups in total. The number of aromatic nitrogens is 1. The Hall–Kier alpha value is -1.73. The minimum absolute atomic E-state index is 0.0230. The Balaban J connectivity index is 1.65. The molecule has 0 bridgehead atoms. The number of para-hydroxylation sites is 1. The second kappa shape index (κ2) is 7.84. The number of carboxylic acid groups (broad SMARTS) is 1. The van der Waals surface area contributed by atoms with Gasteiger partial charge in [-0.2, -0.15) is 8.42 Å². The standard InChI is InChI=1S/C18H18IN3O5S2/c1-22(29(25,26)16-6-11(19)9-27-16)14-4-2-3-10-5-13(21-17(10)14)18-20-8-12(28-18)7-15(23)24/h2-6,11-12,21H,7-9H2,1H3,(H,23,24). The third-order valence-electron chi connectivity index (χ3n) is 4.64. The fourth-order valence-electron chi connectivity index (χ4n) is 3.22. The minimum Gasteiger partial charge on any atom is -0.481 e. The molecular formula is C18H18IN3O5S2. The molecule has 11 heteroatoms. The zero-order valence-corrected chi connectivity index (χ0v) is 19.1. The number of ether oxygens (including phenoxy) is 1. The van der Waals surface area contributed by atoms with E-state index in [0.29, 0.717) is 24.4 Å². The maximum atomic E-state index is 13.0. The van der Waals surface area contributed by atoms with E-state index in [1.807, 2.05) is 12.1 Å². The second-order valence-corrected chi connectivity index (χ2v) is 11.5. The summed E-state index contributed by atoms with van der Waals surface area (Å²) >= 11 is 3.55. The molecule has 0 radical (unpaired) electrons. The lowest BCUT2D eigenvalue weighted by Crippen LogP contribution is -2.28. The molecule has 4 rings (SSSR count). The summed E-state index contributed by atoms with van der Waals surface area (Å²) in [6.45, 7) is 0.792. The summed E-state index contributed by atoms with van der Waals surface area (Å²) in [5, 5.41) is 10.4. The Kier molecular flexibility index (Phi) is 5.55. The molecule has 3 heterocycles. The molecule has 2 unspecified atom stereocenters. The van der Waals surface area contributed by atoms with Gasteiger partial charge >= 0.3 is 5.97 Å². The van der Waals surface area contributed by atoms with Gasteiger partial charge in [0.25, 0.3) is 10.0 Å². The molecule has 0 aliphatic carbocycles. The molecule has 0 fully saturated rings. The monoisotopic (exact) mass is 547 g/mol. The number of H-pyrrole nitrogens is 1. The number of aromatic amines is 1. The summed E-state index contributed by atoms with van der Waals surface area (Å²) in [5.74, 6) is -0.845. The van der Waals surface area contributed by atoms with Gasteiger partial charge in [0, 0.05) is 17.7 Å². The number of aliphatic imine (C=N–C) groups is 1. The topological polar surface area (TPSA) is 112 Å². The second-order valence-electron chi connectivity index (χ2n) is 6.69. The van der Waals surface area contributed by atoms with E-state index in [-0.39, 0.29) is 20.7 Å². The molecule has 0 saturated carbocycles. The molecular weight excluding hydrogens is 529 g/mol. The third-order valence-corrected chi connectivity index (χ3v) is 8.26. The van der Waals surface area contributed by atoms with E-state index in [1.54, 1.807) is 18.2 Å². The first-order valence-electron chi connectivity index (χ1n) is 8.78. The van der Waals surface area contributed by atoms with Crippen molar-refractivity contribution in [1.82, 2.24) is 4.98 Å². The van der Waals surface area contributed by atoms with Crippen molar-refractivity contribution in [1.29, 1.82) is 0 Å². The lowest BCUT2D eigenvalue weighted by atomic mass is 10.2. The number of fused-ring (bicyclic) bond motifs is 1. The first kappa shape index (κ1) is 20.5. The van der Waals surface area contributed by atoms with Gasteiger partial charge in [0.1, 0.15) is 11.7 Å². The Morgan fingerprint density at radius 1 is 1.48 bits per heavy atom. The van der Waals surface area contributed by atoms with Crippen LogP contribution in [0.4, 0.5) is 5.69 Å². The molecule has 0 amide bonds. The van der Waals surface area contributed by atoms with E-state index in [9.17, 15) is 13.2 Å². The van der Waals surface area contributed by atoms with Crippen LogP contribution in [0, 0.1) is 0 Å². The molecule has 154 valence electrons. The predicted octanol–water partition coefficient (Wildman–Crippen LogP) is 2.95. The molecule has 2 aromatic rings. The van der Waals surface area contributed by atoms with E-state index in [0.717, 1.165) is 16.1 Å². The normalized spacial score (nSPS) is 21.7. The van der Waals surface area contributed by atoms with Crippen LogP contribution >= 0.6 is 34.4 Å². The maximum absolute atomic E-state index is 13.0. The number of hydrogen-bond donors (Lipinski definition) is 2. The fourth-order valence-corrected chi connectivity index (χ4v) is 6.28. The number of benzene rings is 1. The van der Waals surface area contributed by atoms with Crippen LogP contribution in [0.3, 0.4) is 0 Å². The van der Waals surface area contributed by atoms with Crippen molar-refractivity contribution in [3.8, 4) is 0 Å². The number of rotatable bonds is 6. The quantitative estimate of drug-likeness (QED) is 0.425. The molecule has 0 spiro atoms. The molecule has 1 aromatic heterocycles. The van der Waals surface area contributed by atoms with E-state index < -0.39 is 16.0 Å². The summed E-state index contributed by atoms with van der Waals surface area (Å²) in [7, 11) is -2.30.